The molecule has 8 bridgehead atoms. The predicted molar refractivity (Wildman–Crippen MR) is 406 cm³/mol. The molecule has 0 amide bonds. The van der Waals surface area contributed by atoms with E-state index in [1.165, 1.54) is 0 Å². The monoisotopic (exact) mass is 1370 g/mol. The van der Waals surface area contributed by atoms with Crippen LogP contribution in [0.4, 0.5) is 0 Å². The minimum absolute atomic E-state index is 0.287. The molecular formula is C82H118N8O10. The molecule has 546 valence electrons. The largest absolute Gasteiger partial charge is 0.493 e. The molecule has 100 heavy (non-hydrogen) atoms. The van der Waals surface area contributed by atoms with Crippen molar-refractivity contribution in [2.45, 2.75) is 262 Å². The van der Waals surface area contributed by atoms with Crippen LogP contribution in [0, 0.1) is 0 Å². The van der Waals surface area contributed by atoms with Crippen molar-refractivity contribution >= 4 is 44.1 Å². The summed E-state index contributed by atoms with van der Waals surface area (Å²) in [5.41, 5.74) is 4.42. The van der Waals surface area contributed by atoms with Crippen molar-refractivity contribution in [1.82, 2.24) is 39.6 Å². The van der Waals surface area contributed by atoms with Gasteiger partial charge in [0.2, 0.25) is 23.0 Å². The number of hydrogen-bond acceptors (Lipinski definition) is 16. The first kappa shape index (κ1) is 76.4. The Morgan fingerprint density at radius 3 is 1.01 bits per heavy atom. The summed E-state index contributed by atoms with van der Waals surface area (Å²) in [4.78, 5) is 45.4. The van der Waals surface area contributed by atoms with Crippen molar-refractivity contribution in [2.75, 3.05) is 66.1 Å². The van der Waals surface area contributed by atoms with Crippen LogP contribution in [0.1, 0.15) is 262 Å². The van der Waals surface area contributed by atoms with Crippen LogP contribution in [0.2, 0.25) is 0 Å². The zero-order valence-electron chi connectivity index (χ0n) is 62.5. The topological polar surface area (TPSA) is 190 Å². The fourth-order valence-electron chi connectivity index (χ4n) is 12.7. The van der Waals surface area contributed by atoms with Crippen LogP contribution in [0.3, 0.4) is 0 Å². The minimum atomic E-state index is 0.287. The molecule has 0 fully saturated rings. The summed E-state index contributed by atoms with van der Waals surface area (Å²) in [6.07, 6.45) is 28.0. The van der Waals surface area contributed by atoms with Gasteiger partial charge in [0.1, 0.15) is 23.7 Å². The van der Waals surface area contributed by atoms with Gasteiger partial charge in [0.15, 0.2) is 57.6 Å². The number of nitrogens with one attached hydrogen (secondary N) is 1. The Morgan fingerprint density at radius 1 is 0.280 bits per heavy atom. The van der Waals surface area contributed by atoms with Gasteiger partial charge in [0.25, 0.3) is 0 Å². The highest BCUT2D eigenvalue weighted by molar-refractivity contribution is 6.15. The minimum Gasteiger partial charge on any atom is -0.493 e. The van der Waals surface area contributed by atoms with E-state index in [-0.39, 0.29) is 5.82 Å². The van der Waals surface area contributed by atoms with Crippen LogP contribution < -0.4 is 47.5 Å². The van der Waals surface area contributed by atoms with E-state index < -0.39 is 0 Å². The number of aromatic amines is 1. The Bertz CT molecular complexity index is 3850. The molecule has 0 saturated heterocycles. The molecule has 18 nitrogen and oxygen atoms in total. The number of rotatable bonds is 50. The molecule has 1 N–H and O–H groups in total. The standard InChI is InChI=1S/C82H118N8O10/c1-11-21-33-48-91-61-47-43-46-60-62(61)82-89-80-66-65(69(94-51-36-24-14-4)73(98-55-40-28-18-8)74(99-56-41-29-19-9)70(66)95-52-37-25-15-5)79(87-80)86-78-64-63(77(85-78)84-75-58-44-31-32-45-59(58)76(83-75)88-81(60)90(82)100-57-42-30-20-10)67(92-49-34-22-12-2)71(96-53-38-26-16-6)72(97-54-39-27-17-7)68(64)93-50-35-23-13-3/h31-32,43-47H,11-30,33-42,48-57H2,1-10H3,(H,83,84,85,86,87,88,89). The van der Waals surface area contributed by atoms with E-state index in [0.29, 0.717) is 185 Å². The summed E-state index contributed by atoms with van der Waals surface area (Å²) in [6, 6.07) is 14.2. The molecule has 0 unspecified atom stereocenters. The van der Waals surface area contributed by atoms with Gasteiger partial charge in [-0.25, -0.2) is 29.9 Å². The van der Waals surface area contributed by atoms with Crippen LogP contribution in [-0.2, 0) is 0 Å². The van der Waals surface area contributed by atoms with E-state index in [9.17, 15) is 0 Å². The highest BCUT2D eigenvalue weighted by Gasteiger charge is 2.38. The van der Waals surface area contributed by atoms with Crippen LogP contribution in [0.25, 0.3) is 89.7 Å². The smallest absolute Gasteiger partial charge is 0.208 e. The number of aromatic nitrogens is 8. The molecule has 2 aliphatic rings. The molecule has 0 aliphatic carbocycles. The molecule has 7 aromatic rings. The Hall–Kier alpha value is -7.76. The normalized spacial score (nSPS) is 11.7. The number of H-pyrrole nitrogens is 1. The molecule has 4 aromatic carbocycles. The third-order valence-corrected chi connectivity index (χ3v) is 18.3. The highest BCUT2D eigenvalue weighted by atomic mass is 16.7. The van der Waals surface area contributed by atoms with Gasteiger partial charge < -0.3 is 52.5 Å². The van der Waals surface area contributed by atoms with Crippen LogP contribution in [0.15, 0.2) is 42.5 Å². The number of benzene rings is 4. The van der Waals surface area contributed by atoms with Gasteiger partial charge in [0.05, 0.1) is 86.7 Å². The Balaban J connectivity index is 1.58. The quantitative estimate of drug-likeness (QED) is 0.0354. The van der Waals surface area contributed by atoms with E-state index in [1.54, 1.807) is 4.73 Å². The van der Waals surface area contributed by atoms with E-state index in [0.717, 1.165) is 209 Å². The fourth-order valence-corrected chi connectivity index (χ4v) is 12.7. The first-order valence-electron chi connectivity index (χ1n) is 39.2. The predicted octanol–water partition coefficient (Wildman–Crippen LogP) is 22.1. The number of unbranched alkanes of at least 4 members (excludes halogenated alkanes) is 20. The molecule has 2 aliphatic heterocycles. The molecule has 0 atom stereocenters. The zero-order chi connectivity index (χ0) is 70.3. The molecule has 0 spiro atoms. The maximum atomic E-state index is 7.34. The van der Waals surface area contributed by atoms with Gasteiger partial charge in [-0.15, -0.1) is 4.73 Å². The first-order valence-corrected chi connectivity index (χ1v) is 39.2. The summed E-state index contributed by atoms with van der Waals surface area (Å²) >= 11 is 0. The lowest BCUT2D eigenvalue weighted by Gasteiger charge is -2.23. The van der Waals surface area contributed by atoms with E-state index in [1.807, 2.05) is 24.3 Å². The maximum absolute atomic E-state index is 7.34. The summed E-state index contributed by atoms with van der Waals surface area (Å²) in [6.45, 7) is 26.1. The lowest BCUT2D eigenvalue weighted by molar-refractivity contribution is 0.123. The molecule has 3 aromatic heterocycles. The second-order valence-electron chi connectivity index (χ2n) is 26.6. The summed E-state index contributed by atoms with van der Waals surface area (Å²) in [5, 5.41) is 2.66. The average Bonchev–Trinajstić information content (AvgIpc) is 1.58. The average molecular weight is 1380 g/mol. The second kappa shape index (κ2) is 41.2. The SMILES string of the molecule is CCCCCOc1c(OCCCCC)c(OCCCCC)c2c(c1OCCCCC)-c1nc-2nc2c3c(OCCCCC)cccc3c(nc3nc(nc4[nH]c(n1)c1c(OCCCCC)c(OCCCCC)c(OCCCCC)c(OCCCCC)c41)-c1ccccc1-3)n2OCCCCC. The first-order chi connectivity index (χ1) is 49.3. The lowest BCUT2D eigenvalue weighted by Crippen LogP contribution is -2.14. The number of nitrogens with zero attached hydrogens (tertiary/aromatic N) is 7. The van der Waals surface area contributed by atoms with Gasteiger partial charge in [-0.3, -0.25) is 0 Å². The Kier molecular flexibility index (Phi) is 31.5. The van der Waals surface area contributed by atoms with Crippen LogP contribution in [0.5, 0.6) is 51.7 Å². The van der Waals surface area contributed by atoms with Crippen molar-refractivity contribution in [2.24, 2.45) is 0 Å². The van der Waals surface area contributed by atoms with Gasteiger partial charge >= 0.3 is 0 Å². The van der Waals surface area contributed by atoms with Crippen molar-refractivity contribution in [3.8, 4) is 97.3 Å². The van der Waals surface area contributed by atoms with E-state index in [2.05, 4.69) is 92.4 Å². The number of fused-ring (bicyclic) bond motifs is 20. The summed E-state index contributed by atoms with van der Waals surface area (Å²) in [7, 11) is 0. The van der Waals surface area contributed by atoms with E-state index >= 15 is 0 Å². The molecule has 5 heterocycles. The summed E-state index contributed by atoms with van der Waals surface area (Å²) < 4.78 is 66.5. The maximum Gasteiger partial charge on any atom is 0.208 e. The molecule has 0 radical (unpaired) electrons. The molecule has 9 rings (SSSR count). The molecular weight excluding hydrogens is 1260 g/mol. The fraction of sp³-hybridized carbons (Fsp3) is 0.610. The third-order valence-electron chi connectivity index (χ3n) is 18.3. The van der Waals surface area contributed by atoms with Crippen molar-refractivity contribution < 1.29 is 47.5 Å². The summed E-state index contributed by atoms with van der Waals surface area (Å²) in [5.74, 6) is 5.81. The zero-order valence-corrected chi connectivity index (χ0v) is 62.5. The van der Waals surface area contributed by atoms with E-state index in [4.69, 9.17) is 77.4 Å². The lowest BCUT2D eigenvalue weighted by atomic mass is 10.0. The van der Waals surface area contributed by atoms with Gasteiger partial charge in [0, 0.05) is 16.5 Å². The van der Waals surface area contributed by atoms with Crippen LogP contribution in [-0.4, -0.2) is 106 Å². The molecule has 0 saturated carbocycles. The van der Waals surface area contributed by atoms with Gasteiger partial charge in [-0.05, 0) is 70.3 Å². The molecule has 18 heteroatoms. The second-order valence-corrected chi connectivity index (χ2v) is 26.6. The van der Waals surface area contributed by atoms with Crippen molar-refractivity contribution in [1.29, 1.82) is 0 Å². The Morgan fingerprint density at radius 2 is 0.600 bits per heavy atom. The van der Waals surface area contributed by atoms with Gasteiger partial charge in [-0.2, -0.15) is 0 Å². The van der Waals surface area contributed by atoms with Crippen LogP contribution >= 0.6 is 0 Å². The number of ether oxygens (including phenoxy) is 9. The highest BCUT2D eigenvalue weighted by Crippen LogP contribution is 2.59. The third kappa shape index (κ3) is 19.2. The van der Waals surface area contributed by atoms with Crippen molar-refractivity contribution in [3.05, 3.63) is 42.5 Å². The van der Waals surface area contributed by atoms with Crippen molar-refractivity contribution in [3.63, 3.8) is 0 Å². The van der Waals surface area contributed by atoms with Gasteiger partial charge in [-0.1, -0.05) is 234 Å². The number of hydrogen-bond donors (Lipinski definition) is 1. The Labute approximate surface area is 596 Å².